The summed E-state index contributed by atoms with van der Waals surface area (Å²) < 4.78 is 0. The van der Waals surface area contributed by atoms with Gasteiger partial charge in [-0.15, -0.1) is 0 Å². The van der Waals surface area contributed by atoms with Crippen LogP contribution in [0.1, 0.15) is 40.7 Å². The number of benzene rings is 2. The van der Waals surface area contributed by atoms with Crippen molar-refractivity contribution < 1.29 is 9.59 Å². The van der Waals surface area contributed by atoms with E-state index in [1.54, 1.807) is 17.0 Å². The average molecular weight is 363 g/mol. The SMILES string of the molecule is O=C(NCCCN1Cc2ccccc2C1)c1ccc(N2CCCC2=O)cc1. The Kier molecular flexibility index (Phi) is 5.21. The Bertz CT molecular complexity index is 807. The van der Waals surface area contributed by atoms with E-state index in [1.165, 1.54) is 11.1 Å². The van der Waals surface area contributed by atoms with Gasteiger partial charge in [0.2, 0.25) is 5.91 Å². The highest BCUT2D eigenvalue weighted by molar-refractivity contribution is 5.97. The van der Waals surface area contributed by atoms with Crippen LogP contribution in [0.25, 0.3) is 0 Å². The van der Waals surface area contributed by atoms with Gasteiger partial charge < -0.3 is 10.2 Å². The summed E-state index contributed by atoms with van der Waals surface area (Å²) in [7, 11) is 0. The maximum Gasteiger partial charge on any atom is 0.251 e. The lowest BCUT2D eigenvalue weighted by atomic mass is 10.1. The van der Waals surface area contributed by atoms with E-state index in [2.05, 4.69) is 34.5 Å². The number of amides is 2. The Labute approximate surface area is 160 Å². The van der Waals surface area contributed by atoms with Crippen LogP contribution in [-0.4, -0.2) is 36.3 Å². The molecule has 2 amide bonds. The third-order valence-electron chi connectivity index (χ3n) is 5.36. The van der Waals surface area contributed by atoms with E-state index in [0.717, 1.165) is 44.7 Å². The molecule has 0 unspecified atom stereocenters. The first-order valence-corrected chi connectivity index (χ1v) is 9.68. The van der Waals surface area contributed by atoms with Crippen LogP contribution in [0.2, 0.25) is 0 Å². The highest BCUT2D eigenvalue weighted by atomic mass is 16.2. The zero-order chi connectivity index (χ0) is 18.6. The highest BCUT2D eigenvalue weighted by Crippen LogP contribution is 2.22. The fourth-order valence-electron chi connectivity index (χ4n) is 3.88. The number of nitrogens with one attached hydrogen (secondary N) is 1. The van der Waals surface area contributed by atoms with Gasteiger partial charge in [0.05, 0.1) is 0 Å². The Morgan fingerprint density at radius 2 is 1.70 bits per heavy atom. The van der Waals surface area contributed by atoms with Gasteiger partial charge in [-0.25, -0.2) is 0 Å². The first-order valence-electron chi connectivity index (χ1n) is 9.68. The second kappa shape index (κ2) is 7.92. The molecule has 5 nitrogen and oxygen atoms in total. The van der Waals surface area contributed by atoms with Crippen molar-refractivity contribution >= 4 is 17.5 Å². The number of hydrogen-bond acceptors (Lipinski definition) is 3. The molecule has 2 heterocycles. The zero-order valence-electron chi connectivity index (χ0n) is 15.5. The monoisotopic (exact) mass is 363 g/mol. The van der Waals surface area contributed by atoms with E-state index in [9.17, 15) is 9.59 Å². The van der Waals surface area contributed by atoms with Crippen LogP contribution in [0, 0.1) is 0 Å². The number of nitrogens with zero attached hydrogens (tertiary/aromatic N) is 2. The van der Waals surface area contributed by atoms with E-state index < -0.39 is 0 Å². The van der Waals surface area contributed by atoms with Gasteiger partial charge in [-0.3, -0.25) is 14.5 Å². The molecule has 2 aliphatic rings. The highest BCUT2D eigenvalue weighted by Gasteiger charge is 2.21. The first kappa shape index (κ1) is 17.7. The summed E-state index contributed by atoms with van der Waals surface area (Å²) in [4.78, 5) is 28.3. The largest absolute Gasteiger partial charge is 0.352 e. The summed E-state index contributed by atoms with van der Waals surface area (Å²) in [6.45, 7) is 4.41. The van der Waals surface area contributed by atoms with Crippen LogP contribution in [0.4, 0.5) is 5.69 Å². The predicted molar refractivity (Wildman–Crippen MR) is 106 cm³/mol. The molecular weight excluding hydrogens is 338 g/mol. The second-order valence-corrected chi connectivity index (χ2v) is 7.28. The van der Waals surface area contributed by atoms with Gasteiger partial charge in [-0.2, -0.15) is 0 Å². The fraction of sp³-hybridized carbons (Fsp3) is 0.364. The third-order valence-corrected chi connectivity index (χ3v) is 5.36. The molecule has 4 rings (SSSR count). The minimum Gasteiger partial charge on any atom is -0.352 e. The van der Waals surface area contributed by atoms with E-state index in [4.69, 9.17) is 0 Å². The van der Waals surface area contributed by atoms with Gasteiger partial charge in [-0.05, 0) is 48.2 Å². The van der Waals surface area contributed by atoms with Crippen LogP contribution in [-0.2, 0) is 17.9 Å². The van der Waals surface area contributed by atoms with Crippen molar-refractivity contribution in [2.24, 2.45) is 0 Å². The maximum absolute atomic E-state index is 12.3. The molecular formula is C22H25N3O2. The molecule has 2 aliphatic heterocycles. The van der Waals surface area contributed by atoms with Gasteiger partial charge in [0.25, 0.3) is 5.91 Å². The van der Waals surface area contributed by atoms with Gasteiger partial charge in [0.1, 0.15) is 0 Å². The van der Waals surface area contributed by atoms with Crippen molar-refractivity contribution in [2.75, 3.05) is 24.5 Å². The standard InChI is InChI=1S/C22H25N3O2/c26-21-7-3-14-25(21)20-10-8-17(9-11-20)22(27)23-12-4-13-24-15-18-5-1-2-6-19(18)16-24/h1-2,5-6,8-11H,3-4,7,12-16H2,(H,23,27). The minimum absolute atomic E-state index is 0.0565. The molecule has 0 spiro atoms. The Hall–Kier alpha value is -2.66. The molecule has 0 aliphatic carbocycles. The molecule has 0 radical (unpaired) electrons. The summed E-state index contributed by atoms with van der Waals surface area (Å²) in [5.41, 5.74) is 4.35. The number of fused-ring (bicyclic) bond motifs is 1. The molecule has 140 valence electrons. The van der Waals surface area contributed by atoms with E-state index in [-0.39, 0.29) is 11.8 Å². The summed E-state index contributed by atoms with van der Waals surface area (Å²) >= 11 is 0. The molecule has 27 heavy (non-hydrogen) atoms. The lowest BCUT2D eigenvalue weighted by Gasteiger charge is -2.16. The second-order valence-electron chi connectivity index (χ2n) is 7.28. The Morgan fingerprint density at radius 1 is 1.00 bits per heavy atom. The van der Waals surface area contributed by atoms with Gasteiger partial charge >= 0.3 is 0 Å². The summed E-state index contributed by atoms with van der Waals surface area (Å²) in [5.74, 6) is 0.107. The minimum atomic E-state index is -0.0565. The lowest BCUT2D eigenvalue weighted by molar-refractivity contribution is -0.117. The normalized spacial score (nSPS) is 16.6. The van der Waals surface area contributed by atoms with Crippen molar-refractivity contribution in [1.29, 1.82) is 0 Å². The molecule has 0 saturated carbocycles. The molecule has 2 aromatic carbocycles. The summed E-state index contributed by atoms with van der Waals surface area (Å²) in [6, 6.07) is 15.9. The molecule has 0 aromatic heterocycles. The quantitative estimate of drug-likeness (QED) is 0.803. The molecule has 1 fully saturated rings. The zero-order valence-corrected chi connectivity index (χ0v) is 15.5. The molecule has 0 bridgehead atoms. The average Bonchev–Trinajstić information content (AvgIpc) is 3.30. The Morgan fingerprint density at radius 3 is 2.33 bits per heavy atom. The van der Waals surface area contributed by atoms with Crippen LogP contribution >= 0.6 is 0 Å². The summed E-state index contributed by atoms with van der Waals surface area (Å²) in [6.07, 6.45) is 2.45. The van der Waals surface area contributed by atoms with E-state index in [0.29, 0.717) is 18.5 Å². The third kappa shape index (κ3) is 4.03. The Balaban J connectivity index is 1.21. The first-order chi connectivity index (χ1) is 13.2. The summed E-state index contributed by atoms with van der Waals surface area (Å²) in [5, 5.41) is 3.00. The smallest absolute Gasteiger partial charge is 0.251 e. The molecule has 0 atom stereocenters. The van der Waals surface area contributed by atoms with Crippen LogP contribution < -0.4 is 10.2 Å². The van der Waals surface area contributed by atoms with Crippen molar-refractivity contribution in [2.45, 2.75) is 32.4 Å². The van der Waals surface area contributed by atoms with Crippen molar-refractivity contribution in [3.63, 3.8) is 0 Å². The number of carbonyl (C=O) groups is 2. The molecule has 5 heteroatoms. The number of rotatable bonds is 6. The molecule has 1 N–H and O–H groups in total. The topological polar surface area (TPSA) is 52.7 Å². The number of carbonyl (C=O) groups excluding carboxylic acids is 2. The van der Waals surface area contributed by atoms with Crippen molar-refractivity contribution in [3.05, 3.63) is 65.2 Å². The maximum atomic E-state index is 12.3. The van der Waals surface area contributed by atoms with Crippen molar-refractivity contribution in [1.82, 2.24) is 10.2 Å². The van der Waals surface area contributed by atoms with Crippen LogP contribution in [0.5, 0.6) is 0 Å². The van der Waals surface area contributed by atoms with Crippen LogP contribution in [0.15, 0.2) is 48.5 Å². The predicted octanol–water partition coefficient (Wildman–Crippen LogP) is 2.95. The van der Waals surface area contributed by atoms with Gasteiger partial charge in [0, 0.05) is 50.4 Å². The molecule has 1 saturated heterocycles. The van der Waals surface area contributed by atoms with Gasteiger partial charge in [0.15, 0.2) is 0 Å². The fourth-order valence-corrected chi connectivity index (χ4v) is 3.88. The molecule has 2 aromatic rings. The van der Waals surface area contributed by atoms with Crippen LogP contribution in [0.3, 0.4) is 0 Å². The van der Waals surface area contributed by atoms with E-state index >= 15 is 0 Å². The van der Waals surface area contributed by atoms with Gasteiger partial charge in [-0.1, -0.05) is 24.3 Å². The van der Waals surface area contributed by atoms with E-state index in [1.807, 2.05) is 12.1 Å². The number of anilines is 1. The number of hydrogen-bond donors (Lipinski definition) is 1. The van der Waals surface area contributed by atoms with Crippen molar-refractivity contribution in [3.8, 4) is 0 Å². The lowest BCUT2D eigenvalue weighted by Crippen LogP contribution is -2.28.